The van der Waals surface area contributed by atoms with Crippen LogP contribution in [-0.4, -0.2) is 41.9 Å². The first-order chi connectivity index (χ1) is 18.4. The predicted molar refractivity (Wildman–Crippen MR) is 125 cm³/mol. The van der Waals surface area contributed by atoms with E-state index in [1.165, 1.54) is 18.2 Å². The number of anilines is 1. The number of carbonyl (C=O) groups is 1. The van der Waals surface area contributed by atoms with Crippen molar-refractivity contribution in [3.05, 3.63) is 64.9 Å². The van der Waals surface area contributed by atoms with Crippen molar-refractivity contribution in [3.63, 3.8) is 0 Å². The number of hydrogen-bond acceptors (Lipinski definition) is 7. The van der Waals surface area contributed by atoms with E-state index in [2.05, 4.69) is 20.5 Å². The van der Waals surface area contributed by atoms with Crippen LogP contribution in [0.4, 0.5) is 36.4 Å². The van der Waals surface area contributed by atoms with E-state index in [1.54, 1.807) is 0 Å². The number of halogens is 7. The first kappa shape index (κ1) is 29.2. The van der Waals surface area contributed by atoms with E-state index in [1.807, 2.05) is 0 Å². The monoisotopic (exact) mass is 592 g/mol. The Kier molecular flexibility index (Phi) is 7.28. The molecule has 1 aliphatic rings. The van der Waals surface area contributed by atoms with Crippen LogP contribution in [0.3, 0.4) is 0 Å². The molecule has 0 radical (unpaired) electrons. The fourth-order valence-electron chi connectivity index (χ4n) is 4.19. The van der Waals surface area contributed by atoms with Crippen molar-refractivity contribution >= 4 is 21.4 Å². The highest BCUT2D eigenvalue weighted by Crippen LogP contribution is 2.54. The lowest BCUT2D eigenvalue weighted by Crippen LogP contribution is -2.48. The molecule has 1 fully saturated rings. The van der Waals surface area contributed by atoms with Crippen LogP contribution in [-0.2, 0) is 21.4 Å². The molecule has 40 heavy (non-hydrogen) atoms. The fraction of sp³-hybridized carbons (Fsp3) is 0.333. The molecule has 0 saturated heterocycles. The van der Waals surface area contributed by atoms with Gasteiger partial charge in [0.1, 0.15) is 11.0 Å². The molecule has 1 amide bonds. The highest BCUT2D eigenvalue weighted by atomic mass is 32.2. The number of sulfone groups is 1. The maximum Gasteiger partial charge on any atom is 0.435 e. The molecule has 1 saturated carbocycles. The average Bonchev–Trinajstić information content (AvgIpc) is 2.78. The van der Waals surface area contributed by atoms with Crippen LogP contribution in [0.25, 0.3) is 0 Å². The average molecular weight is 592 g/mol. The number of pyridine rings is 1. The zero-order valence-electron chi connectivity index (χ0n) is 20.6. The molecule has 3 aromatic rings. The number of carbonyl (C=O) groups excluding carboxylic acids is 1. The van der Waals surface area contributed by atoms with E-state index in [0.29, 0.717) is 0 Å². The number of hydrogen-bond donors (Lipinski definition) is 1. The summed E-state index contributed by atoms with van der Waals surface area (Å²) in [7, 11) is -3.70. The lowest BCUT2D eigenvalue weighted by molar-refractivity contribution is -0.214. The molecule has 4 rings (SSSR count). The standard InChI is InChI=1S/C24H19F7N4O4S/c1-12-17(20(36)32-13-5-3-6-14(11-13)40(2,37)38)21(35-34-18(12)23(26,27)28)39-15-7-8-16(33-19(15)25)22(9-4-10-22)24(29,30)31/h3,5-8,11H,4,9-10H2,1-2H3,(H,32,36). The van der Waals surface area contributed by atoms with Gasteiger partial charge in [0, 0.05) is 11.9 Å². The van der Waals surface area contributed by atoms with E-state index in [-0.39, 0.29) is 29.8 Å². The van der Waals surface area contributed by atoms with E-state index < -0.39 is 73.6 Å². The number of ether oxygens (including phenoxy) is 1. The molecule has 1 N–H and O–H groups in total. The minimum Gasteiger partial charge on any atom is -0.432 e. The van der Waals surface area contributed by atoms with Gasteiger partial charge in [-0.05, 0) is 55.7 Å². The number of amides is 1. The van der Waals surface area contributed by atoms with Gasteiger partial charge in [-0.2, -0.15) is 30.7 Å². The summed E-state index contributed by atoms with van der Waals surface area (Å²) in [6.45, 7) is 0.883. The lowest BCUT2D eigenvalue weighted by atomic mass is 9.66. The number of nitrogens with one attached hydrogen (secondary N) is 1. The van der Waals surface area contributed by atoms with Gasteiger partial charge in [-0.1, -0.05) is 12.5 Å². The van der Waals surface area contributed by atoms with Gasteiger partial charge in [0.05, 0.1) is 10.6 Å². The van der Waals surface area contributed by atoms with Crippen molar-refractivity contribution < 1.29 is 48.7 Å². The molecule has 2 heterocycles. The third kappa shape index (κ3) is 5.44. The second-order valence-electron chi connectivity index (χ2n) is 9.13. The Labute approximate surface area is 222 Å². The molecule has 1 aromatic carbocycles. The van der Waals surface area contributed by atoms with Crippen molar-refractivity contribution in [2.24, 2.45) is 0 Å². The quantitative estimate of drug-likeness (QED) is 0.286. The Morgan fingerprint density at radius 1 is 1.05 bits per heavy atom. The summed E-state index contributed by atoms with van der Waals surface area (Å²) in [6.07, 6.45) is -9.17. The minimum absolute atomic E-state index is 0.112. The van der Waals surface area contributed by atoms with Crippen LogP contribution in [0.5, 0.6) is 11.6 Å². The second kappa shape index (κ2) is 9.98. The highest BCUT2D eigenvalue weighted by Gasteiger charge is 2.60. The van der Waals surface area contributed by atoms with Crippen LogP contribution < -0.4 is 10.1 Å². The summed E-state index contributed by atoms with van der Waals surface area (Å²) in [5.74, 6) is -4.47. The first-order valence-corrected chi connectivity index (χ1v) is 13.3. The molecule has 2 aromatic heterocycles. The predicted octanol–water partition coefficient (Wildman–Crippen LogP) is 5.77. The van der Waals surface area contributed by atoms with Gasteiger partial charge >= 0.3 is 12.4 Å². The molecular formula is C24H19F7N4O4S. The summed E-state index contributed by atoms with van der Waals surface area (Å²) in [6, 6.07) is 6.51. The summed E-state index contributed by atoms with van der Waals surface area (Å²) < 4.78 is 125. The molecule has 0 unspecified atom stereocenters. The third-order valence-electron chi connectivity index (χ3n) is 6.46. The van der Waals surface area contributed by atoms with Crippen molar-refractivity contribution in [1.29, 1.82) is 0 Å². The van der Waals surface area contributed by atoms with Crippen molar-refractivity contribution in [2.45, 2.75) is 48.8 Å². The Morgan fingerprint density at radius 2 is 1.73 bits per heavy atom. The molecule has 0 atom stereocenters. The second-order valence-corrected chi connectivity index (χ2v) is 11.1. The van der Waals surface area contributed by atoms with Gasteiger partial charge in [0.2, 0.25) is 0 Å². The van der Waals surface area contributed by atoms with E-state index >= 15 is 0 Å². The topological polar surface area (TPSA) is 111 Å². The molecule has 8 nitrogen and oxygen atoms in total. The summed E-state index contributed by atoms with van der Waals surface area (Å²) >= 11 is 0. The van der Waals surface area contributed by atoms with Crippen molar-refractivity contribution in [1.82, 2.24) is 15.2 Å². The van der Waals surface area contributed by atoms with E-state index in [0.717, 1.165) is 31.4 Å². The number of rotatable bonds is 6. The Bertz CT molecular complexity index is 1590. The molecule has 0 spiro atoms. The summed E-state index contributed by atoms with van der Waals surface area (Å²) in [5, 5.41) is 8.55. The smallest absolute Gasteiger partial charge is 0.432 e. The molecule has 0 bridgehead atoms. The summed E-state index contributed by atoms with van der Waals surface area (Å²) in [5.41, 5.74) is -6.18. The van der Waals surface area contributed by atoms with E-state index in [9.17, 15) is 43.9 Å². The highest BCUT2D eigenvalue weighted by molar-refractivity contribution is 7.90. The van der Waals surface area contributed by atoms with Gasteiger partial charge < -0.3 is 10.1 Å². The normalized spacial score (nSPS) is 15.3. The third-order valence-corrected chi connectivity index (χ3v) is 7.57. The largest absolute Gasteiger partial charge is 0.435 e. The maximum absolute atomic E-state index is 14.8. The fourth-order valence-corrected chi connectivity index (χ4v) is 4.86. The van der Waals surface area contributed by atoms with Gasteiger partial charge in [-0.25, -0.2) is 13.4 Å². The number of alkyl halides is 6. The maximum atomic E-state index is 14.8. The SMILES string of the molecule is Cc1c(C(F)(F)F)nnc(Oc2ccc(C3(C(F)(F)F)CCC3)nc2F)c1C(=O)Nc1cccc(S(C)(=O)=O)c1. The van der Waals surface area contributed by atoms with Gasteiger partial charge in [0.25, 0.3) is 17.7 Å². The molecule has 0 aliphatic heterocycles. The Balaban J connectivity index is 1.73. The van der Waals surface area contributed by atoms with Crippen LogP contribution in [0, 0.1) is 12.9 Å². The van der Waals surface area contributed by atoms with Crippen LogP contribution in [0.1, 0.15) is 46.6 Å². The van der Waals surface area contributed by atoms with Crippen molar-refractivity contribution in [3.8, 4) is 11.6 Å². The first-order valence-electron chi connectivity index (χ1n) is 11.4. The van der Waals surface area contributed by atoms with Crippen LogP contribution in [0.15, 0.2) is 41.3 Å². The summed E-state index contributed by atoms with van der Waals surface area (Å²) in [4.78, 5) is 16.3. The van der Waals surface area contributed by atoms with Gasteiger partial charge in [-0.15, -0.1) is 10.2 Å². The lowest BCUT2D eigenvalue weighted by Gasteiger charge is -2.42. The number of aromatic nitrogens is 3. The Morgan fingerprint density at radius 3 is 2.25 bits per heavy atom. The molecule has 214 valence electrons. The minimum atomic E-state index is -5.05. The number of benzene rings is 1. The zero-order valence-corrected chi connectivity index (χ0v) is 21.4. The van der Waals surface area contributed by atoms with Gasteiger partial charge in [-0.3, -0.25) is 4.79 Å². The van der Waals surface area contributed by atoms with Crippen LogP contribution >= 0.6 is 0 Å². The van der Waals surface area contributed by atoms with Gasteiger partial charge in [0.15, 0.2) is 21.3 Å². The zero-order chi connectivity index (χ0) is 29.7. The number of nitrogens with zero attached hydrogens (tertiary/aromatic N) is 3. The van der Waals surface area contributed by atoms with E-state index in [4.69, 9.17) is 4.74 Å². The van der Waals surface area contributed by atoms with Crippen LogP contribution in [0.2, 0.25) is 0 Å². The molecule has 1 aliphatic carbocycles. The van der Waals surface area contributed by atoms with Crippen molar-refractivity contribution in [2.75, 3.05) is 11.6 Å². The molecular weight excluding hydrogens is 573 g/mol. The molecule has 16 heteroatoms. The Hall–Kier alpha value is -3.82.